The molecule has 0 aliphatic carbocycles. The Hall–Kier alpha value is -1.80. The maximum absolute atomic E-state index is 6.20. The van der Waals surface area contributed by atoms with Crippen molar-refractivity contribution in [1.82, 2.24) is 0 Å². The molecule has 0 radical (unpaired) electrons. The zero-order valence-electron chi connectivity index (χ0n) is 10.9. The van der Waals surface area contributed by atoms with E-state index in [0.717, 1.165) is 23.5 Å². The van der Waals surface area contributed by atoms with E-state index in [-0.39, 0.29) is 5.54 Å². The molecule has 2 aromatic carbocycles. The summed E-state index contributed by atoms with van der Waals surface area (Å²) in [5.41, 5.74) is 7.06. The highest BCUT2D eigenvalue weighted by atomic mass is 16.5. The van der Waals surface area contributed by atoms with Crippen LogP contribution in [-0.2, 0) is 5.54 Å². The molecule has 0 aliphatic rings. The van der Waals surface area contributed by atoms with Gasteiger partial charge in [0.15, 0.2) is 0 Å². The lowest BCUT2D eigenvalue weighted by atomic mass is 9.91. The van der Waals surface area contributed by atoms with Gasteiger partial charge in [-0.05, 0) is 43.2 Å². The van der Waals surface area contributed by atoms with E-state index in [1.54, 1.807) is 0 Å². The van der Waals surface area contributed by atoms with Crippen molar-refractivity contribution in [3.8, 4) is 11.5 Å². The van der Waals surface area contributed by atoms with Gasteiger partial charge in [0.2, 0.25) is 0 Å². The van der Waals surface area contributed by atoms with Gasteiger partial charge in [0.25, 0.3) is 0 Å². The molecule has 18 heavy (non-hydrogen) atoms. The monoisotopic (exact) mass is 241 g/mol. The Labute approximate surface area is 108 Å². The van der Waals surface area contributed by atoms with E-state index in [0.29, 0.717) is 0 Å². The molecule has 1 unspecified atom stereocenters. The third kappa shape index (κ3) is 2.90. The average molecular weight is 241 g/mol. The van der Waals surface area contributed by atoms with E-state index in [4.69, 9.17) is 10.5 Å². The van der Waals surface area contributed by atoms with Crippen LogP contribution in [0.25, 0.3) is 0 Å². The summed E-state index contributed by atoms with van der Waals surface area (Å²) in [5, 5.41) is 0. The third-order valence-electron chi connectivity index (χ3n) is 3.23. The Balaban J connectivity index is 2.14. The Kier molecular flexibility index (Phi) is 3.68. The van der Waals surface area contributed by atoms with Crippen molar-refractivity contribution in [3.05, 3.63) is 60.2 Å². The second kappa shape index (κ2) is 5.23. The van der Waals surface area contributed by atoms with Crippen molar-refractivity contribution in [2.75, 3.05) is 0 Å². The molecule has 2 nitrogen and oxygen atoms in total. The van der Waals surface area contributed by atoms with Crippen molar-refractivity contribution in [3.63, 3.8) is 0 Å². The number of hydrogen-bond donors (Lipinski definition) is 1. The molecule has 1 atom stereocenters. The first-order chi connectivity index (χ1) is 8.62. The van der Waals surface area contributed by atoms with Gasteiger partial charge in [0.1, 0.15) is 11.5 Å². The van der Waals surface area contributed by atoms with Gasteiger partial charge < -0.3 is 10.5 Å². The Morgan fingerprint density at radius 1 is 0.944 bits per heavy atom. The molecular weight excluding hydrogens is 222 g/mol. The van der Waals surface area contributed by atoms with Gasteiger partial charge in [-0.15, -0.1) is 0 Å². The van der Waals surface area contributed by atoms with Crippen LogP contribution in [0.4, 0.5) is 0 Å². The molecule has 2 heteroatoms. The molecule has 0 amide bonds. The van der Waals surface area contributed by atoms with Gasteiger partial charge >= 0.3 is 0 Å². The molecule has 2 rings (SSSR count). The van der Waals surface area contributed by atoms with E-state index in [1.165, 1.54) is 0 Å². The number of hydrogen-bond acceptors (Lipinski definition) is 2. The van der Waals surface area contributed by atoms with Gasteiger partial charge in [-0.1, -0.05) is 37.3 Å². The highest BCUT2D eigenvalue weighted by molar-refractivity contribution is 5.35. The molecule has 0 aliphatic heterocycles. The van der Waals surface area contributed by atoms with Crippen molar-refractivity contribution in [1.29, 1.82) is 0 Å². The Bertz CT molecular complexity index is 488. The van der Waals surface area contributed by atoms with Crippen molar-refractivity contribution in [2.24, 2.45) is 5.73 Å². The normalized spacial score (nSPS) is 13.9. The first kappa shape index (κ1) is 12.7. The van der Waals surface area contributed by atoms with Crippen molar-refractivity contribution >= 4 is 0 Å². The summed E-state index contributed by atoms with van der Waals surface area (Å²) in [6.45, 7) is 4.13. The van der Waals surface area contributed by atoms with Crippen LogP contribution in [0.5, 0.6) is 11.5 Å². The Morgan fingerprint density at radius 3 is 2.06 bits per heavy atom. The van der Waals surface area contributed by atoms with Gasteiger partial charge in [-0.25, -0.2) is 0 Å². The summed E-state index contributed by atoms with van der Waals surface area (Å²) in [5.74, 6) is 1.67. The van der Waals surface area contributed by atoms with E-state index in [2.05, 4.69) is 6.92 Å². The highest BCUT2D eigenvalue weighted by Crippen LogP contribution is 2.26. The van der Waals surface area contributed by atoms with E-state index in [1.807, 2.05) is 61.5 Å². The van der Waals surface area contributed by atoms with Crippen LogP contribution in [0.3, 0.4) is 0 Å². The van der Waals surface area contributed by atoms with E-state index in [9.17, 15) is 0 Å². The summed E-state index contributed by atoms with van der Waals surface area (Å²) in [6.07, 6.45) is 0.909. The summed E-state index contributed by atoms with van der Waals surface area (Å²) >= 11 is 0. The van der Waals surface area contributed by atoms with Crippen LogP contribution in [0.2, 0.25) is 0 Å². The van der Waals surface area contributed by atoms with E-state index < -0.39 is 0 Å². The SMILES string of the molecule is CCC(C)(N)c1ccc(Oc2ccccc2)cc1. The van der Waals surface area contributed by atoms with Gasteiger partial charge in [-0.3, -0.25) is 0 Å². The summed E-state index contributed by atoms with van der Waals surface area (Å²) in [6, 6.07) is 17.7. The molecule has 2 N–H and O–H groups in total. The number of benzene rings is 2. The lowest BCUT2D eigenvalue weighted by Gasteiger charge is -2.23. The van der Waals surface area contributed by atoms with Crippen LogP contribution in [0.15, 0.2) is 54.6 Å². The third-order valence-corrected chi connectivity index (χ3v) is 3.23. The number of para-hydroxylation sites is 1. The second-order valence-corrected chi connectivity index (χ2v) is 4.71. The minimum absolute atomic E-state index is 0.273. The van der Waals surface area contributed by atoms with E-state index >= 15 is 0 Å². The highest BCUT2D eigenvalue weighted by Gasteiger charge is 2.17. The fourth-order valence-electron chi connectivity index (χ4n) is 1.73. The lowest BCUT2D eigenvalue weighted by Crippen LogP contribution is -2.31. The summed E-state index contributed by atoms with van der Waals surface area (Å²) in [7, 11) is 0. The number of nitrogens with two attached hydrogens (primary N) is 1. The summed E-state index contributed by atoms with van der Waals surface area (Å²) < 4.78 is 5.74. The fraction of sp³-hybridized carbons (Fsp3) is 0.250. The Morgan fingerprint density at radius 2 is 1.50 bits per heavy atom. The molecule has 0 aromatic heterocycles. The molecule has 0 saturated heterocycles. The second-order valence-electron chi connectivity index (χ2n) is 4.71. The topological polar surface area (TPSA) is 35.2 Å². The zero-order chi connectivity index (χ0) is 13.0. The minimum Gasteiger partial charge on any atom is -0.457 e. The van der Waals surface area contributed by atoms with Crippen LogP contribution in [0, 0.1) is 0 Å². The average Bonchev–Trinajstić information content (AvgIpc) is 2.40. The lowest BCUT2D eigenvalue weighted by molar-refractivity contribution is 0.468. The van der Waals surface area contributed by atoms with Gasteiger partial charge in [0.05, 0.1) is 0 Å². The van der Waals surface area contributed by atoms with Crippen LogP contribution in [0.1, 0.15) is 25.8 Å². The van der Waals surface area contributed by atoms with Crippen molar-refractivity contribution < 1.29 is 4.74 Å². The molecule has 0 heterocycles. The predicted octanol–water partition coefficient (Wildman–Crippen LogP) is 4.06. The first-order valence-electron chi connectivity index (χ1n) is 6.24. The smallest absolute Gasteiger partial charge is 0.127 e. The minimum atomic E-state index is -0.273. The quantitative estimate of drug-likeness (QED) is 0.876. The zero-order valence-corrected chi connectivity index (χ0v) is 10.9. The number of ether oxygens (including phenoxy) is 1. The molecule has 0 fully saturated rings. The van der Waals surface area contributed by atoms with Crippen LogP contribution >= 0.6 is 0 Å². The molecule has 94 valence electrons. The van der Waals surface area contributed by atoms with Crippen LogP contribution in [-0.4, -0.2) is 0 Å². The predicted molar refractivity (Wildman–Crippen MR) is 74.8 cm³/mol. The molecule has 0 bridgehead atoms. The molecule has 0 saturated carbocycles. The molecule has 0 spiro atoms. The van der Waals surface area contributed by atoms with Crippen molar-refractivity contribution in [2.45, 2.75) is 25.8 Å². The first-order valence-corrected chi connectivity index (χ1v) is 6.24. The molecular formula is C16H19NO. The van der Waals surface area contributed by atoms with Gasteiger partial charge in [-0.2, -0.15) is 0 Å². The maximum Gasteiger partial charge on any atom is 0.127 e. The largest absolute Gasteiger partial charge is 0.457 e. The number of rotatable bonds is 4. The maximum atomic E-state index is 6.20. The molecule has 2 aromatic rings. The summed E-state index contributed by atoms with van der Waals surface area (Å²) in [4.78, 5) is 0. The van der Waals surface area contributed by atoms with Crippen LogP contribution < -0.4 is 10.5 Å². The fourth-order valence-corrected chi connectivity index (χ4v) is 1.73. The van der Waals surface area contributed by atoms with Gasteiger partial charge in [0, 0.05) is 5.54 Å². The standard InChI is InChI=1S/C16H19NO/c1-3-16(2,17)13-9-11-15(12-10-13)18-14-7-5-4-6-8-14/h4-12H,3,17H2,1-2H3.